The van der Waals surface area contributed by atoms with E-state index in [0.717, 1.165) is 0 Å². The van der Waals surface area contributed by atoms with E-state index >= 15 is 0 Å². The summed E-state index contributed by atoms with van der Waals surface area (Å²) in [6.45, 7) is 3.17. The van der Waals surface area contributed by atoms with Crippen molar-refractivity contribution in [3.8, 4) is 0 Å². The van der Waals surface area contributed by atoms with E-state index in [0.29, 0.717) is 0 Å². The van der Waals surface area contributed by atoms with E-state index in [4.69, 9.17) is 0 Å². The maximum Gasteiger partial charge on any atom is 0.397 e. The third-order valence-electron chi connectivity index (χ3n) is 1.24. The number of hydrogen-bond donors (Lipinski definition) is 0. The molecule has 0 aromatic carbocycles. The monoisotopic (exact) mass is 258 g/mol. The van der Waals surface area contributed by atoms with Gasteiger partial charge in [0.2, 0.25) is 0 Å². The number of carbonyl (C=O) groups is 1. The summed E-state index contributed by atoms with van der Waals surface area (Å²) in [4.78, 5) is 11.4. The molecule has 0 rings (SSSR count). The van der Waals surface area contributed by atoms with E-state index in [1.165, 1.54) is 14.2 Å². The minimum absolute atomic E-state index is 0.583. The Labute approximate surface area is 80.3 Å². The molecule has 0 aliphatic carbocycles. The first-order valence-corrected chi connectivity index (χ1v) is 5.57. The summed E-state index contributed by atoms with van der Waals surface area (Å²) >= 11 is 3.08. The minimum atomic E-state index is -3.58. The molecule has 4 nitrogen and oxygen atoms in total. The highest BCUT2D eigenvalue weighted by Crippen LogP contribution is 2.51. The third-order valence-corrected chi connectivity index (χ3v) is 3.92. The summed E-state index contributed by atoms with van der Waals surface area (Å²) in [5.41, 5.74) is -0.583. The first kappa shape index (κ1) is 12.3. The van der Waals surface area contributed by atoms with E-state index in [2.05, 4.69) is 25.0 Å². The molecule has 0 radical (unpaired) electrons. The van der Waals surface area contributed by atoms with Crippen LogP contribution in [0, 0.1) is 0 Å². The Balaban J connectivity index is 4.80. The molecule has 72 valence electrons. The Kier molecular flexibility index (Phi) is 4.11. The van der Waals surface area contributed by atoms with Crippen molar-refractivity contribution in [2.75, 3.05) is 14.2 Å². The van der Waals surface area contributed by atoms with Gasteiger partial charge in [0.25, 0.3) is 5.52 Å². The molecule has 0 amide bonds. The third kappa shape index (κ3) is 2.66. The maximum absolute atomic E-state index is 11.5. The fourth-order valence-corrected chi connectivity index (χ4v) is 2.35. The Morgan fingerprint density at radius 3 is 1.75 bits per heavy atom. The smallest absolute Gasteiger partial charge is 0.307 e. The lowest BCUT2D eigenvalue weighted by atomic mass is 10.2. The Morgan fingerprint density at radius 1 is 1.33 bits per heavy atom. The predicted molar refractivity (Wildman–Crippen MR) is 49.6 cm³/mol. The molecule has 0 unspecified atom stereocenters. The van der Waals surface area contributed by atoms with Crippen LogP contribution in [-0.2, 0) is 18.4 Å². The molecule has 6 heteroatoms. The number of alkyl halides is 1. The highest BCUT2D eigenvalue weighted by molar-refractivity contribution is 9.10. The van der Waals surface area contributed by atoms with Crippen LogP contribution in [0.3, 0.4) is 0 Å². The average molecular weight is 259 g/mol. The summed E-state index contributed by atoms with van der Waals surface area (Å²) in [6, 6.07) is 0. The highest BCUT2D eigenvalue weighted by atomic mass is 79.9. The van der Waals surface area contributed by atoms with Crippen LogP contribution in [0.25, 0.3) is 0 Å². The van der Waals surface area contributed by atoms with Crippen LogP contribution in [0.15, 0.2) is 0 Å². The van der Waals surface area contributed by atoms with Gasteiger partial charge >= 0.3 is 7.60 Å². The van der Waals surface area contributed by atoms with Gasteiger partial charge in [0.15, 0.2) is 0 Å². The lowest BCUT2D eigenvalue weighted by Crippen LogP contribution is -2.24. The molecule has 0 saturated heterocycles. The van der Waals surface area contributed by atoms with Gasteiger partial charge in [0, 0.05) is 14.2 Å². The van der Waals surface area contributed by atoms with Crippen molar-refractivity contribution < 1.29 is 18.4 Å². The summed E-state index contributed by atoms with van der Waals surface area (Å²) < 4.78 is 19.6. The molecule has 0 saturated carbocycles. The summed E-state index contributed by atoms with van der Waals surface area (Å²) in [7, 11) is -1.22. The zero-order chi connectivity index (χ0) is 9.99. The molecular formula is C6H12BrO4P. The zero-order valence-electron chi connectivity index (χ0n) is 7.46. The molecule has 12 heavy (non-hydrogen) atoms. The Hall–Kier alpha value is 0.300. The normalized spacial score (nSPS) is 13.1. The predicted octanol–water partition coefficient (Wildman–Crippen LogP) is 2.17. The van der Waals surface area contributed by atoms with Crippen LogP contribution >= 0.6 is 23.5 Å². The van der Waals surface area contributed by atoms with Gasteiger partial charge in [-0.2, -0.15) is 0 Å². The first-order valence-electron chi connectivity index (χ1n) is 3.23. The van der Waals surface area contributed by atoms with Gasteiger partial charge in [-0.25, -0.2) is 0 Å². The summed E-state index contributed by atoms with van der Waals surface area (Å²) in [5.74, 6) is 0. The van der Waals surface area contributed by atoms with Crippen LogP contribution in [0.1, 0.15) is 13.8 Å². The molecule has 0 atom stereocenters. The number of rotatable bonds is 4. The molecule has 0 aromatic heterocycles. The molecular weight excluding hydrogens is 247 g/mol. The quantitative estimate of drug-likeness (QED) is 0.573. The van der Waals surface area contributed by atoms with Crippen LogP contribution in [0.2, 0.25) is 0 Å². The Morgan fingerprint density at radius 2 is 1.67 bits per heavy atom. The van der Waals surface area contributed by atoms with E-state index in [-0.39, 0.29) is 0 Å². The van der Waals surface area contributed by atoms with Gasteiger partial charge in [0.05, 0.1) is 4.32 Å². The van der Waals surface area contributed by atoms with Crippen LogP contribution in [-0.4, -0.2) is 24.1 Å². The number of halogens is 1. The largest absolute Gasteiger partial charge is 0.397 e. The van der Waals surface area contributed by atoms with E-state index < -0.39 is 17.4 Å². The van der Waals surface area contributed by atoms with Crippen molar-refractivity contribution in [3.05, 3.63) is 0 Å². The molecule has 0 fully saturated rings. The lowest BCUT2D eigenvalue weighted by molar-refractivity contribution is -0.115. The first-order chi connectivity index (χ1) is 5.28. The molecule has 0 aromatic rings. The van der Waals surface area contributed by atoms with Crippen molar-refractivity contribution in [3.63, 3.8) is 0 Å². The van der Waals surface area contributed by atoms with Crippen LogP contribution in [0.4, 0.5) is 0 Å². The highest BCUT2D eigenvalue weighted by Gasteiger charge is 2.41. The van der Waals surface area contributed by atoms with Gasteiger partial charge in [-0.3, -0.25) is 9.36 Å². The molecule has 0 N–H and O–H groups in total. The second-order valence-corrected chi connectivity index (χ2v) is 6.75. The average Bonchev–Trinajstić information content (AvgIpc) is 2.00. The molecule has 0 aliphatic heterocycles. The van der Waals surface area contributed by atoms with Gasteiger partial charge < -0.3 is 9.05 Å². The molecule has 0 bridgehead atoms. The van der Waals surface area contributed by atoms with E-state index in [1.54, 1.807) is 13.8 Å². The Bertz CT molecular complexity index is 212. The van der Waals surface area contributed by atoms with Crippen LogP contribution < -0.4 is 0 Å². The van der Waals surface area contributed by atoms with Crippen molar-refractivity contribution in [2.45, 2.75) is 18.2 Å². The van der Waals surface area contributed by atoms with Crippen molar-refractivity contribution in [2.24, 2.45) is 0 Å². The maximum atomic E-state index is 11.5. The van der Waals surface area contributed by atoms with Crippen molar-refractivity contribution >= 4 is 29.1 Å². The molecule has 0 aliphatic rings. The SMILES string of the molecule is COP(=O)(OC)C(=O)C(C)(C)Br. The lowest BCUT2D eigenvalue weighted by Gasteiger charge is -2.19. The van der Waals surface area contributed by atoms with Crippen molar-refractivity contribution in [1.29, 1.82) is 0 Å². The summed E-state index contributed by atoms with van der Waals surface area (Å²) in [6.07, 6.45) is 0. The molecule has 0 spiro atoms. The zero-order valence-corrected chi connectivity index (χ0v) is 9.94. The second kappa shape index (κ2) is 4.01. The van der Waals surface area contributed by atoms with Crippen LogP contribution in [0.5, 0.6) is 0 Å². The van der Waals surface area contributed by atoms with Crippen molar-refractivity contribution in [1.82, 2.24) is 0 Å². The summed E-state index contributed by atoms with van der Waals surface area (Å²) in [5, 5.41) is 0. The fourth-order valence-electron chi connectivity index (χ4n) is 0.566. The minimum Gasteiger partial charge on any atom is -0.307 e. The fraction of sp³-hybridized carbons (Fsp3) is 0.833. The van der Waals surface area contributed by atoms with Gasteiger partial charge in [-0.15, -0.1) is 0 Å². The standard InChI is InChI=1S/C6H12BrO4P/c1-6(2,7)5(8)12(9,10-3)11-4/h1-4H3. The number of hydrogen-bond acceptors (Lipinski definition) is 4. The van der Waals surface area contributed by atoms with E-state index in [1.807, 2.05) is 0 Å². The van der Waals surface area contributed by atoms with Gasteiger partial charge in [-0.05, 0) is 13.8 Å². The second-order valence-electron chi connectivity index (χ2n) is 2.64. The number of carbonyl (C=O) groups excluding carboxylic acids is 1. The molecule has 0 heterocycles. The topological polar surface area (TPSA) is 52.6 Å². The van der Waals surface area contributed by atoms with E-state index in [9.17, 15) is 9.36 Å². The van der Waals surface area contributed by atoms with Gasteiger partial charge in [0.1, 0.15) is 0 Å². The van der Waals surface area contributed by atoms with Gasteiger partial charge in [-0.1, -0.05) is 15.9 Å².